The first-order chi connectivity index (χ1) is 12.5. The Balaban J connectivity index is 1.48. The van der Waals surface area contributed by atoms with Crippen LogP contribution in [-0.4, -0.2) is 51.0 Å². The minimum absolute atomic E-state index is 0.141. The zero-order chi connectivity index (χ0) is 18.5. The molecule has 0 bridgehead atoms. The van der Waals surface area contributed by atoms with Crippen molar-refractivity contribution >= 4 is 51.9 Å². The number of nitrogens with zero attached hydrogens (tertiary/aromatic N) is 2. The van der Waals surface area contributed by atoms with Gasteiger partial charge in [0.1, 0.15) is 0 Å². The van der Waals surface area contributed by atoms with Gasteiger partial charge in [0.2, 0.25) is 11.8 Å². The summed E-state index contributed by atoms with van der Waals surface area (Å²) in [5.74, 6) is -0.154. The van der Waals surface area contributed by atoms with Crippen LogP contribution in [0.4, 0.5) is 4.79 Å². The summed E-state index contributed by atoms with van der Waals surface area (Å²) in [6.07, 6.45) is 0. The van der Waals surface area contributed by atoms with Crippen LogP contribution in [0.5, 0.6) is 0 Å². The number of hydrogen-bond acceptors (Lipinski definition) is 7. The molecule has 9 heteroatoms. The van der Waals surface area contributed by atoms with Crippen molar-refractivity contribution in [2.24, 2.45) is 0 Å². The fourth-order valence-corrected chi connectivity index (χ4v) is 5.04. The summed E-state index contributed by atoms with van der Waals surface area (Å²) >= 11 is 3.90. The van der Waals surface area contributed by atoms with E-state index in [0.717, 1.165) is 27.4 Å². The minimum Gasteiger partial charge on any atom is -0.353 e. The lowest BCUT2D eigenvalue weighted by molar-refractivity contribution is -0.125. The maximum absolute atomic E-state index is 12.2. The van der Waals surface area contributed by atoms with Gasteiger partial charge in [-0.1, -0.05) is 53.9 Å². The van der Waals surface area contributed by atoms with Crippen LogP contribution in [0.1, 0.15) is 6.92 Å². The van der Waals surface area contributed by atoms with Crippen LogP contribution in [0.3, 0.4) is 0 Å². The lowest BCUT2D eigenvalue weighted by Gasteiger charge is -2.14. The first kappa shape index (κ1) is 18.9. The van der Waals surface area contributed by atoms with E-state index >= 15 is 0 Å². The van der Waals surface area contributed by atoms with Crippen LogP contribution >= 0.6 is 34.9 Å². The molecular weight excluding hydrogens is 390 g/mol. The Kier molecular flexibility index (Phi) is 6.33. The average Bonchev–Trinajstić information content (AvgIpc) is 3.23. The average molecular weight is 408 g/mol. The van der Waals surface area contributed by atoms with Gasteiger partial charge in [0, 0.05) is 24.0 Å². The molecule has 0 saturated carbocycles. The highest BCUT2D eigenvalue weighted by molar-refractivity contribution is 8.14. The number of carbonyl (C=O) groups excluding carboxylic acids is 3. The van der Waals surface area contributed by atoms with E-state index in [9.17, 15) is 14.4 Å². The van der Waals surface area contributed by atoms with Gasteiger partial charge in [-0.15, -0.1) is 11.3 Å². The molecule has 0 aliphatic carbocycles. The highest BCUT2D eigenvalue weighted by atomic mass is 32.2. The van der Waals surface area contributed by atoms with E-state index in [0.29, 0.717) is 0 Å². The second kappa shape index (κ2) is 8.70. The smallest absolute Gasteiger partial charge is 0.288 e. The third-order valence-corrected chi connectivity index (χ3v) is 6.61. The molecule has 1 fully saturated rings. The SMILES string of the molecule is C[C@H](Sc1nc(-c2ccccc2)cs1)C(=O)NCCN1C(=O)CSC1=O. The van der Waals surface area contributed by atoms with Crippen LogP contribution in [0.15, 0.2) is 40.1 Å². The topological polar surface area (TPSA) is 79.4 Å². The highest BCUT2D eigenvalue weighted by Crippen LogP contribution is 2.30. The van der Waals surface area contributed by atoms with Gasteiger partial charge in [0.05, 0.1) is 16.7 Å². The molecule has 26 heavy (non-hydrogen) atoms. The number of carbonyl (C=O) groups is 3. The summed E-state index contributed by atoms with van der Waals surface area (Å²) in [5, 5.41) is 4.18. The van der Waals surface area contributed by atoms with E-state index in [4.69, 9.17) is 0 Å². The van der Waals surface area contributed by atoms with Crippen molar-refractivity contribution in [1.29, 1.82) is 0 Å². The van der Waals surface area contributed by atoms with Crippen molar-refractivity contribution in [3.8, 4) is 11.3 Å². The van der Waals surface area contributed by atoms with Crippen molar-refractivity contribution in [2.45, 2.75) is 16.5 Å². The molecule has 1 atom stereocenters. The number of rotatable bonds is 7. The van der Waals surface area contributed by atoms with E-state index in [-0.39, 0.29) is 41.1 Å². The van der Waals surface area contributed by atoms with Gasteiger partial charge in [-0.05, 0) is 6.92 Å². The standard InChI is InChI=1S/C17H17N3O3S3/c1-11(15(22)18-7-8-20-14(21)10-25-17(20)23)26-16-19-13(9-24-16)12-5-3-2-4-6-12/h2-6,9,11H,7-8,10H2,1H3,(H,18,22)/t11-/m0/s1. The van der Waals surface area contributed by atoms with E-state index in [2.05, 4.69) is 10.3 Å². The Morgan fingerprint density at radius 1 is 1.35 bits per heavy atom. The number of thiazole rings is 1. The monoisotopic (exact) mass is 407 g/mol. The third kappa shape index (κ3) is 4.66. The van der Waals surface area contributed by atoms with Crippen LogP contribution in [-0.2, 0) is 9.59 Å². The van der Waals surface area contributed by atoms with Gasteiger partial charge in [-0.3, -0.25) is 19.3 Å². The molecule has 0 spiro atoms. The zero-order valence-electron chi connectivity index (χ0n) is 14.0. The highest BCUT2D eigenvalue weighted by Gasteiger charge is 2.29. The lowest BCUT2D eigenvalue weighted by atomic mass is 10.2. The summed E-state index contributed by atoms with van der Waals surface area (Å²) in [6, 6.07) is 9.88. The number of amides is 3. The molecule has 0 unspecified atom stereocenters. The largest absolute Gasteiger partial charge is 0.353 e. The minimum atomic E-state index is -0.316. The molecule has 136 valence electrons. The second-order valence-corrected chi connectivity index (χ2v) is 8.89. The first-order valence-corrected chi connectivity index (χ1v) is 10.7. The second-order valence-electron chi connectivity index (χ2n) is 5.52. The summed E-state index contributed by atoms with van der Waals surface area (Å²) in [6.45, 7) is 2.28. The predicted octanol–water partition coefficient (Wildman–Crippen LogP) is 3.10. The van der Waals surface area contributed by atoms with E-state index in [1.807, 2.05) is 42.6 Å². The molecule has 0 radical (unpaired) electrons. The van der Waals surface area contributed by atoms with Crippen LogP contribution in [0.25, 0.3) is 11.3 Å². The van der Waals surface area contributed by atoms with Crippen molar-refractivity contribution in [1.82, 2.24) is 15.2 Å². The van der Waals surface area contributed by atoms with Gasteiger partial charge < -0.3 is 5.32 Å². The number of imide groups is 1. The van der Waals surface area contributed by atoms with Crippen molar-refractivity contribution in [2.75, 3.05) is 18.8 Å². The lowest BCUT2D eigenvalue weighted by Crippen LogP contribution is -2.39. The van der Waals surface area contributed by atoms with Crippen molar-refractivity contribution in [3.05, 3.63) is 35.7 Å². The molecular formula is C17H17N3O3S3. The zero-order valence-corrected chi connectivity index (χ0v) is 16.5. The van der Waals surface area contributed by atoms with E-state index < -0.39 is 0 Å². The van der Waals surface area contributed by atoms with Gasteiger partial charge in [-0.2, -0.15) is 0 Å². The molecule has 6 nitrogen and oxygen atoms in total. The predicted molar refractivity (Wildman–Crippen MR) is 105 cm³/mol. The van der Waals surface area contributed by atoms with Gasteiger partial charge in [0.15, 0.2) is 4.34 Å². The van der Waals surface area contributed by atoms with Crippen LogP contribution in [0, 0.1) is 0 Å². The molecule has 3 amide bonds. The van der Waals surface area contributed by atoms with Crippen molar-refractivity contribution < 1.29 is 14.4 Å². The molecule has 1 aromatic heterocycles. The fraction of sp³-hybridized carbons (Fsp3) is 0.294. The van der Waals surface area contributed by atoms with E-state index in [1.54, 1.807) is 0 Å². The Hall–Kier alpha value is -1.84. The molecule has 1 aliphatic heterocycles. The summed E-state index contributed by atoms with van der Waals surface area (Å²) in [7, 11) is 0. The van der Waals surface area contributed by atoms with E-state index in [1.165, 1.54) is 28.0 Å². The molecule has 1 N–H and O–H groups in total. The van der Waals surface area contributed by atoms with Crippen LogP contribution in [0.2, 0.25) is 0 Å². The Bertz CT molecular complexity index is 794. The summed E-state index contributed by atoms with van der Waals surface area (Å²) in [5.41, 5.74) is 1.94. The Morgan fingerprint density at radius 3 is 2.81 bits per heavy atom. The van der Waals surface area contributed by atoms with Gasteiger partial charge >= 0.3 is 0 Å². The molecule has 2 heterocycles. The number of aromatic nitrogens is 1. The third-order valence-electron chi connectivity index (χ3n) is 3.67. The number of nitrogens with one attached hydrogen (secondary N) is 1. The normalized spacial score (nSPS) is 15.3. The molecule has 1 saturated heterocycles. The maximum atomic E-state index is 12.2. The maximum Gasteiger partial charge on any atom is 0.288 e. The Labute approximate surface area is 163 Å². The summed E-state index contributed by atoms with van der Waals surface area (Å²) < 4.78 is 0.827. The Morgan fingerprint density at radius 2 is 2.12 bits per heavy atom. The molecule has 3 rings (SSSR count). The number of thioether (sulfide) groups is 2. The first-order valence-electron chi connectivity index (χ1n) is 7.97. The van der Waals surface area contributed by atoms with Gasteiger partial charge in [0.25, 0.3) is 5.24 Å². The molecule has 2 aromatic rings. The van der Waals surface area contributed by atoms with Crippen LogP contribution < -0.4 is 5.32 Å². The number of hydrogen-bond donors (Lipinski definition) is 1. The summed E-state index contributed by atoms with van der Waals surface area (Å²) in [4.78, 5) is 41.0. The fourth-order valence-electron chi connectivity index (χ4n) is 2.29. The van der Waals surface area contributed by atoms with Gasteiger partial charge in [-0.25, -0.2) is 4.98 Å². The quantitative estimate of drug-likeness (QED) is 0.711. The molecule has 1 aliphatic rings. The molecule has 1 aromatic carbocycles. The van der Waals surface area contributed by atoms with Crippen molar-refractivity contribution in [3.63, 3.8) is 0 Å². The number of benzene rings is 1.